The van der Waals surface area contributed by atoms with E-state index in [1.165, 1.54) is 31.2 Å². The predicted octanol–water partition coefficient (Wildman–Crippen LogP) is 2.79. The zero-order valence-corrected chi connectivity index (χ0v) is 11.2. The van der Waals surface area contributed by atoms with Gasteiger partial charge in [0.05, 0.1) is 6.04 Å². The standard InChI is InChI=1S/C15H24N2O/c1-2-3-4-5-9-13(17-16)15-11-12-8-6-7-10-14(12)18-15/h6-8,10,13,15,17H,2-5,9,11,16H2,1H3. The summed E-state index contributed by atoms with van der Waals surface area (Å²) in [6.45, 7) is 2.23. The van der Waals surface area contributed by atoms with E-state index in [0.29, 0.717) is 0 Å². The predicted molar refractivity (Wildman–Crippen MR) is 74.4 cm³/mol. The summed E-state index contributed by atoms with van der Waals surface area (Å²) in [5, 5.41) is 0. The number of fused-ring (bicyclic) bond motifs is 1. The minimum Gasteiger partial charge on any atom is -0.488 e. The van der Waals surface area contributed by atoms with Gasteiger partial charge < -0.3 is 4.74 Å². The van der Waals surface area contributed by atoms with Gasteiger partial charge in [-0.3, -0.25) is 11.3 Å². The number of para-hydroxylation sites is 1. The van der Waals surface area contributed by atoms with E-state index in [9.17, 15) is 0 Å². The van der Waals surface area contributed by atoms with Gasteiger partial charge >= 0.3 is 0 Å². The number of ether oxygens (including phenoxy) is 1. The highest BCUT2D eigenvalue weighted by molar-refractivity contribution is 5.37. The molecule has 0 saturated heterocycles. The van der Waals surface area contributed by atoms with Crippen molar-refractivity contribution < 1.29 is 4.74 Å². The monoisotopic (exact) mass is 248 g/mol. The van der Waals surface area contributed by atoms with Gasteiger partial charge in [0.25, 0.3) is 0 Å². The van der Waals surface area contributed by atoms with Crippen LogP contribution in [0.1, 0.15) is 44.6 Å². The first-order valence-corrected chi connectivity index (χ1v) is 7.06. The number of unbranched alkanes of at least 4 members (excludes halogenated alkanes) is 3. The molecule has 0 saturated carbocycles. The van der Waals surface area contributed by atoms with Gasteiger partial charge in [-0.05, 0) is 18.1 Å². The van der Waals surface area contributed by atoms with Crippen molar-refractivity contribution in [3.63, 3.8) is 0 Å². The fourth-order valence-corrected chi connectivity index (χ4v) is 2.60. The SMILES string of the molecule is CCCCCCC(NN)C1Cc2ccccc2O1. The van der Waals surface area contributed by atoms with Crippen molar-refractivity contribution in [2.24, 2.45) is 5.84 Å². The smallest absolute Gasteiger partial charge is 0.123 e. The number of benzene rings is 1. The lowest BCUT2D eigenvalue weighted by Crippen LogP contribution is -2.46. The first kappa shape index (κ1) is 13.4. The second-order valence-corrected chi connectivity index (χ2v) is 5.09. The third-order valence-corrected chi connectivity index (χ3v) is 3.70. The molecule has 0 amide bonds. The Morgan fingerprint density at radius 3 is 2.89 bits per heavy atom. The largest absolute Gasteiger partial charge is 0.488 e. The van der Waals surface area contributed by atoms with Crippen LogP contribution < -0.4 is 16.0 Å². The highest BCUT2D eigenvalue weighted by Crippen LogP contribution is 2.30. The number of hydrazine groups is 1. The molecule has 0 spiro atoms. The first-order valence-electron chi connectivity index (χ1n) is 7.06. The van der Waals surface area contributed by atoms with Gasteiger partial charge in [-0.1, -0.05) is 50.8 Å². The first-order chi connectivity index (χ1) is 8.85. The average molecular weight is 248 g/mol. The van der Waals surface area contributed by atoms with Crippen LogP contribution in [0.4, 0.5) is 0 Å². The number of nitrogens with one attached hydrogen (secondary N) is 1. The molecule has 1 aromatic rings. The van der Waals surface area contributed by atoms with Gasteiger partial charge in [-0.15, -0.1) is 0 Å². The lowest BCUT2D eigenvalue weighted by molar-refractivity contribution is 0.170. The fraction of sp³-hybridized carbons (Fsp3) is 0.600. The molecule has 2 rings (SSSR count). The zero-order chi connectivity index (χ0) is 12.8. The van der Waals surface area contributed by atoms with Crippen LogP contribution in [0.2, 0.25) is 0 Å². The van der Waals surface area contributed by atoms with Crippen LogP contribution in [0, 0.1) is 0 Å². The van der Waals surface area contributed by atoms with Crippen molar-refractivity contribution in [2.75, 3.05) is 0 Å². The molecule has 1 aliphatic rings. The Balaban J connectivity index is 1.84. The van der Waals surface area contributed by atoms with Crippen LogP contribution in [0.3, 0.4) is 0 Å². The molecule has 18 heavy (non-hydrogen) atoms. The highest BCUT2D eigenvalue weighted by atomic mass is 16.5. The molecule has 3 nitrogen and oxygen atoms in total. The number of nitrogens with two attached hydrogens (primary N) is 1. The Morgan fingerprint density at radius 2 is 2.17 bits per heavy atom. The van der Waals surface area contributed by atoms with Crippen LogP contribution in [0.25, 0.3) is 0 Å². The molecule has 0 radical (unpaired) electrons. The summed E-state index contributed by atoms with van der Waals surface area (Å²) in [5.74, 6) is 6.70. The van der Waals surface area contributed by atoms with Crippen LogP contribution in [-0.2, 0) is 6.42 Å². The lowest BCUT2D eigenvalue weighted by atomic mass is 9.99. The molecule has 1 aromatic carbocycles. The molecule has 1 heterocycles. The number of rotatable bonds is 7. The van der Waals surface area contributed by atoms with Crippen molar-refractivity contribution in [3.8, 4) is 5.75 Å². The summed E-state index contributed by atoms with van der Waals surface area (Å²) in [6, 6.07) is 8.53. The third-order valence-electron chi connectivity index (χ3n) is 3.70. The zero-order valence-electron chi connectivity index (χ0n) is 11.2. The molecule has 0 fully saturated rings. The molecular weight excluding hydrogens is 224 g/mol. The Morgan fingerprint density at radius 1 is 1.33 bits per heavy atom. The van der Waals surface area contributed by atoms with Gasteiger partial charge in [-0.2, -0.15) is 0 Å². The molecule has 100 valence electrons. The minimum absolute atomic E-state index is 0.189. The summed E-state index contributed by atoms with van der Waals surface area (Å²) in [6.07, 6.45) is 7.34. The maximum atomic E-state index is 5.97. The normalized spacial score (nSPS) is 19.3. The molecule has 0 aromatic heterocycles. The van der Waals surface area contributed by atoms with Gasteiger partial charge in [-0.25, -0.2) is 0 Å². The topological polar surface area (TPSA) is 47.3 Å². The minimum atomic E-state index is 0.189. The summed E-state index contributed by atoms with van der Waals surface area (Å²) in [5.41, 5.74) is 4.23. The number of hydrogen-bond donors (Lipinski definition) is 2. The lowest BCUT2D eigenvalue weighted by Gasteiger charge is -2.22. The molecule has 2 unspecified atom stereocenters. The van der Waals surface area contributed by atoms with E-state index in [4.69, 9.17) is 10.6 Å². The Hall–Kier alpha value is -1.06. The van der Waals surface area contributed by atoms with Crippen LogP contribution in [-0.4, -0.2) is 12.1 Å². The number of hydrogen-bond acceptors (Lipinski definition) is 3. The van der Waals surface area contributed by atoms with Crippen LogP contribution >= 0.6 is 0 Å². The second kappa shape index (κ2) is 6.76. The van der Waals surface area contributed by atoms with E-state index in [0.717, 1.165) is 18.6 Å². The van der Waals surface area contributed by atoms with Crippen molar-refractivity contribution in [2.45, 2.75) is 57.6 Å². The molecular formula is C15H24N2O. The fourth-order valence-electron chi connectivity index (χ4n) is 2.60. The molecule has 3 heteroatoms. The maximum Gasteiger partial charge on any atom is 0.123 e. The van der Waals surface area contributed by atoms with Crippen molar-refractivity contribution in [3.05, 3.63) is 29.8 Å². The Bertz CT molecular complexity index is 342. The molecule has 0 aliphatic carbocycles. The summed E-state index contributed by atoms with van der Waals surface area (Å²) in [7, 11) is 0. The van der Waals surface area contributed by atoms with Crippen LogP contribution in [0.5, 0.6) is 5.75 Å². The summed E-state index contributed by atoms with van der Waals surface area (Å²) >= 11 is 0. The van der Waals surface area contributed by atoms with Gasteiger partial charge in [0.15, 0.2) is 0 Å². The Kier molecular flexibility index (Phi) is 5.02. The van der Waals surface area contributed by atoms with Gasteiger partial charge in [0, 0.05) is 6.42 Å². The van der Waals surface area contributed by atoms with E-state index in [2.05, 4.69) is 24.5 Å². The molecule has 1 aliphatic heterocycles. The van der Waals surface area contributed by atoms with Crippen molar-refractivity contribution in [1.29, 1.82) is 0 Å². The maximum absolute atomic E-state index is 5.97. The van der Waals surface area contributed by atoms with Crippen LogP contribution in [0.15, 0.2) is 24.3 Å². The average Bonchev–Trinajstić information content (AvgIpc) is 2.82. The van der Waals surface area contributed by atoms with E-state index in [1.807, 2.05) is 12.1 Å². The third kappa shape index (κ3) is 3.24. The quantitative estimate of drug-likeness (QED) is 0.443. The Labute approximate surface area is 110 Å². The van der Waals surface area contributed by atoms with Crippen molar-refractivity contribution in [1.82, 2.24) is 5.43 Å². The van der Waals surface area contributed by atoms with E-state index in [-0.39, 0.29) is 12.1 Å². The summed E-state index contributed by atoms with van der Waals surface area (Å²) in [4.78, 5) is 0. The molecule has 2 atom stereocenters. The second-order valence-electron chi connectivity index (χ2n) is 5.09. The van der Waals surface area contributed by atoms with Gasteiger partial charge in [0.2, 0.25) is 0 Å². The van der Waals surface area contributed by atoms with E-state index in [1.54, 1.807) is 0 Å². The van der Waals surface area contributed by atoms with E-state index < -0.39 is 0 Å². The van der Waals surface area contributed by atoms with E-state index >= 15 is 0 Å². The molecule has 0 bridgehead atoms. The summed E-state index contributed by atoms with van der Waals surface area (Å²) < 4.78 is 5.97. The van der Waals surface area contributed by atoms with Crippen molar-refractivity contribution >= 4 is 0 Å². The molecule has 3 N–H and O–H groups in total. The van der Waals surface area contributed by atoms with Gasteiger partial charge in [0.1, 0.15) is 11.9 Å². The highest BCUT2D eigenvalue weighted by Gasteiger charge is 2.28.